The average molecular weight is 419 g/mol. The lowest BCUT2D eigenvalue weighted by molar-refractivity contribution is -0.188. The minimum atomic E-state index is -4.27. The van der Waals surface area contributed by atoms with Crippen molar-refractivity contribution in [3.8, 4) is 11.3 Å². The van der Waals surface area contributed by atoms with Crippen molar-refractivity contribution >= 4 is 22.4 Å². The Labute approximate surface area is 162 Å². The molecule has 1 aliphatic heterocycles. The Morgan fingerprint density at radius 1 is 1.32 bits per heavy atom. The zero-order valence-electron chi connectivity index (χ0n) is 14.9. The van der Waals surface area contributed by atoms with Gasteiger partial charge < -0.3 is 5.32 Å². The molecule has 0 radical (unpaired) electrons. The number of amides is 1. The van der Waals surface area contributed by atoms with E-state index in [2.05, 4.69) is 10.3 Å². The number of piperidine rings is 1. The minimum absolute atomic E-state index is 0.0679. The largest absolute Gasteiger partial charge is 0.393 e. The van der Waals surface area contributed by atoms with Crippen LogP contribution in [0.2, 0.25) is 0 Å². The Balaban J connectivity index is 1.64. The fourth-order valence-corrected chi connectivity index (χ4v) is 3.84. The molecule has 0 bridgehead atoms. The second-order valence-corrected chi connectivity index (χ2v) is 7.57. The van der Waals surface area contributed by atoms with Crippen LogP contribution in [-0.2, 0) is 4.79 Å². The molecule has 0 spiro atoms. The van der Waals surface area contributed by atoms with E-state index < -0.39 is 35.7 Å². The quantitative estimate of drug-likeness (QED) is 0.732. The van der Waals surface area contributed by atoms with Crippen molar-refractivity contribution < 1.29 is 26.7 Å². The summed E-state index contributed by atoms with van der Waals surface area (Å²) in [6.45, 7) is 1.76. The van der Waals surface area contributed by atoms with Crippen molar-refractivity contribution in [1.29, 1.82) is 0 Å². The molecule has 1 aromatic heterocycles. The highest BCUT2D eigenvalue weighted by atomic mass is 32.1. The molecular weight excluding hydrogens is 401 g/mol. The molecule has 2 aromatic rings. The monoisotopic (exact) mass is 419 g/mol. The zero-order valence-corrected chi connectivity index (χ0v) is 15.7. The summed E-state index contributed by atoms with van der Waals surface area (Å²) in [6.07, 6.45) is -3.83. The van der Waals surface area contributed by atoms with Gasteiger partial charge in [-0.2, -0.15) is 13.2 Å². The van der Waals surface area contributed by atoms with Crippen molar-refractivity contribution in [2.24, 2.45) is 5.92 Å². The first kappa shape index (κ1) is 20.7. The average Bonchev–Trinajstić information content (AvgIpc) is 3.11. The summed E-state index contributed by atoms with van der Waals surface area (Å²) in [5, 5.41) is 4.40. The number of carbonyl (C=O) groups is 1. The van der Waals surface area contributed by atoms with Crippen LogP contribution in [-0.4, -0.2) is 41.1 Å². The third-order valence-electron chi connectivity index (χ3n) is 4.79. The van der Waals surface area contributed by atoms with Crippen LogP contribution in [0.4, 0.5) is 27.1 Å². The van der Waals surface area contributed by atoms with Gasteiger partial charge in [0.25, 0.3) is 0 Å². The third-order valence-corrected chi connectivity index (χ3v) is 5.55. The fourth-order valence-electron chi connectivity index (χ4n) is 3.12. The highest BCUT2D eigenvalue weighted by Gasteiger charge is 2.43. The standard InChI is InChI=1S/C18H18F5N3OS/c1-10(26-6-2-3-12(8-26)18(21,22)23)16(27)25-17-24-15(9-28-17)11-4-5-13(19)14(20)7-11/h4-5,7,9-10,12H,2-3,6,8H2,1H3,(H,24,25,27). The predicted octanol–water partition coefficient (Wildman–Crippen LogP) is 4.69. The summed E-state index contributed by atoms with van der Waals surface area (Å²) in [6, 6.07) is 2.61. The van der Waals surface area contributed by atoms with Gasteiger partial charge in [0, 0.05) is 17.5 Å². The molecule has 2 atom stereocenters. The van der Waals surface area contributed by atoms with Gasteiger partial charge in [-0.25, -0.2) is 13.8 Å². The summed E-state index contributed by atoms with van der Waals surface area (Å²) in [5.41, 5.74) is 0.717. The predicted molar refractivity (Wildman–Crippen MR) is 95.9 cm³/mol. The lowest BCUT2D eigenvalue weighted by atomic mass is 9.96. The molecule has 1 amide bonds. The van der Waals surface area contributed by atoms with Crippen LogP contribution in [0.25, 0.3) is 11.3 Å². The third kappa shape index (κ3) is 4.67. The smallest absolute Gasteiger partial charge is 0.301 e. The van der Waals surface area contributed by atoms with E-state index in [0.29, 0.717) is 24.2 Å². The van der Waals surface area contributed by atoms with Crippen LogP contribution < -0.4 is 5.32 Å². The maximum atomic E-state index is 13.4. The van der Waals surface area contributed by atoms with E-state index in [0.717, 1.165) is 23.5 Å². The van der Waals surface area contributed by atoms with Gasteiger partial charge in [-0.1, -0.05) is 0 Å². The molecule has 2 unspecified atom stereocenters. The van der Waals surface area contributed by atoms with Gasteiger partial charge in [0.05, 0.1) is 17.7 Å². The van der Waals surface area contributed by atoms with Crippen molar-refractivity contribution in [2.75, 3.05) is 18.4 Å². The summed E-state index contributed by atoms with van der Waals surface area (Å²) < 4.78 is 65.3. The Hall–Kier alpha value is -2.07. The molecule has 1 saturated heterocycles. The van der Waals surface area contributed by atoms with E-state index in [4.69, 9.17) is 0 Å². The van der Waals surface area contributed by atoms with Crippen LogP contribution in [0, 0.1) is 17.6 Å². The number of nitrogens with zero attached hydrogens (tertiary/aromatic N) is 2. The number of thiazole rings is 1. The number of hydrogen-bond donors (Lipinski definition) is 1. The number of halogens is 5. The minimum Gasteiger partial charge on any atom is -0.301 e. The Bertz CT molecular complexity index is 854. The highest BCUT2D eigenvalue weighted by Crippen LogP contribution is 2.34. The van der Waals surface area contributed by atoms with E-state index in [1.807, 2.05) is 0 Å². The number of rotatable bonds is 4. The van der Waals surface area contributed by atoms with Gasteiger partial charge in [-0.05, 0) is 44.5 Å². The number of carbonyl (C=O) groups excluding carboxylic acids is 1. The van der Waals surface area contributed by atoms with Crippen molar-refractivity contribution in [2.45, 2.75) is 32.0 Å². The number of alkyl halides is 3. The first-order valence-electron chi connectivity index (χ1n) is 8.67. The Morgan fingerprint density at radius 3 is 2.75 bits per heavy atom. The summed E-state index contributed by atoms with van der Waals surface area (Å²) in [5.74, 6) is -3.88. The van der Waals surface area contributed by atoms with Crippen LogP contribution in [0.1, 0.15) is 19.8 Å². The van der Waals surface area contributed by atoms with E-state index in [-0.39, 0.29) is 18.1 Å². The van der Waals surface area contributed by atoms with Crippen molar-refractivity contribution in [3.63, 3.8) is 0 Å². The van der Waals surface area contributed by atoms with E-state index >= 15 is 0 Å². The number of nitrogens with one attached hydrogen (secondary N) is 1. The van der Waals surface area contributed by atoms with Crippen LogP contribution in [0.3, 0.4) is 0 Å². The van der Waals surface area contributed by atoms with Gasteiger partial charge in [0.15, 0.2) is 16.8 Å². The number of aromatic nitrogens is 1. The second kappa shape index (κ2) is 8.12. The number of likely N-dealkylation sites (tertiary alicyclic amines) is 1. The first-order chi connectivity index (χ1) is 13.1. The lowest BCUT2D eigenvalue weighted by Gasteiger charge is -2.36. The molecule has 152 valence electrons. The topological polar surface area (TPSA) is 45.2 Å². The van der Waals surface area contributed by atoms with Gasteiger partial charge in [-0.15, -0.1) is 11.3 Å². The summed E-state index contributed by atoms with van der Waals surface area (Å²) >= 11 is 1.09. The molecule has 2 heterocycles. The normalized spacial score (nSPS) is 19.4. The van der Waals surface area contributed by atoms with Gasteiger partial charge in [0.2, 0.25) is 5.91 Å². The first-order valence-corrected chi connectivity index (χ1v) is 9.55. The van der Waals surface area contributed by atoms with E-state index in [1.165, 1.54) is 11.0 Å². The van der Waals surface area contributed by atoms with Crippen LogP contribution in [0.5, 0.6) is 0 Å². The molecule has 1 aromatic carbocycles. The molecule has 4 nitrogen and oxygen atoms in total. The van der Waals surface area contributed by atoms with Gasteiger partial charge in [0.1, 0.15) is 0 Å². The molecule has 1 fully saturated rings. The number of benzene rings is 1. The second-order valence-electron chi connectivity index (χ2n) is 6.71. The molecule has 28 heavy (non-hydrogen) atoms. The van der Waals surface area contributed by atoms with Crippen molar-refractivity contribution in [1.82, 2.24) is 9.88 Å². The summed E-state index contributed by atoms with van der Waals surface area (Å²) in [7, 11) is 0. The van der Waals surface area contributed by atoms with Crippen LogP contribution >= 0.6 is 11.3 Å². The van der Waals surface area contributed by atoms with Gasteiger partial charge >= 0.3 is 6.18 Å². The Morgan fingerprint density at radius 2 is 2.07 bits per heavy atom. The van der Waals surface area contributed by atoms with Gasteiger partial charge in [-0.3, -0.25) is 9.69 Å². The number of hydrogen-bond acceptors (Lipinski definition) is 4. The van der Waals surface area contributed by atoms with E-state index in [1.54, 1.807) is 12.3 Å². The Kier molecular flexibility index (Phi) is 5.99. The SMILES string of the molecule is CC(C(=O)Nc1nc(-c2ccc(F)c(F)c2)cs1)N1CCCC(C(F)(F)F)C1. The lowest BCUT2D eigenvalue weighted by Crippen LogP contribution is -2.49. The van der Waals surface area contributed by atoms with Crippen LogP contribution in [0.15, 0.2) is 23.6 Å². The number of anilines is 1. The molecule has 0 aliphatic carbocycles. The molecule has 1 aliphatic rings. The summed E-state index contributed by atoms with van der Waals surface area (Å²) in [4.78, 5) is 18.1. The van der Waals surface area contributed by atoms with Crippen molar-refractivity contribution in [3.05, 3.63) is 35.2 Å². The van der Waals surface area contributed by atoms with E-state index in [9.17, 15) is 26.7 Å². The molecule has 0 saturated carbocycles. The molecule has 3 rings (SSSR count). The maximum Gasteiger partial charge on any atom is 0.393 e. The fraction of sp³-hybridized carbons (Fsp3) is 0.444. The highest BCUT2D eigenvalue weighted by molar-refractivity contribution is 7.14. The molecule has 10 heteroatoms. The molecule has 1 N–H and O–H groups in total. The zero-order chi connectivity index (χ0) is 20.5. The molecular formula is C18H18F5N3OS. The maximum absolute atomic E-state index is 13.4.